The molecule has 1 amide bonds. The van der Waals surface area contributed by atoms with Gasteiger partial charge < -0.3 is 9.64 Å². The SMILES string of the molecule is C[C@@H](Oc1ccccc1Cl)C(=O)N1CCN(S(C)(=O)=O)CC1. The van der Waals surface area contributed by atoms with Gasteiger partial charge in [0.1, 0.15) is 5.75 Å². The van der Waals surface area contributed by atoms with Crippen LogP contribution in [0.2, 0.25) is 5.02 Å². The van der Waals surface area contributed by atoms with Crippen molar-refractivity contribution in [2.45, 2.75) is 13.0 Å². The van der Waals surface area contributed by atoms with Gasteiger partial charge in [0, 0.05) is 26.2 Å². The molecule has 122 valence electrons. The Bertz CT molecular complexity index is 642. The molecule has 8 heteroatoms. The van der Waals surface area contributed by atoms with Crippen LogP contribution >= 0.6 is 11.6 Å². The van der Waals surface area contributed by atoms with Gasteiger partial charge in [-0.1, -0.05) is 23.7 Å². The Morgan fingerprint density at radius 1 is 1.23 bits per heavy atom. The fourth-order valence-electron chi connectivity index (χ4n) is 2.28. The topological polar surface area (TPSA) is 66.9 Å². The quantitative estimate of drug-likeness (QED) is 0.822. The molecule has 0 aliphatic carbocycles. The van der Waals surface area contributed by atoms with Crippen LogP contribution in [0.3, 0.4) is 0 Å². The molecule has 1 aliphatic heterocycles. The summed E-state index contributed by atoms with van der Waals surface area (Å²) in [7, 11) is -3.20. The van der Waals surface area contributed by atoms with E-state index in [1.807, 2.05) is 0 Å². The lowest BCUT2D eigenvalue weighted by Crippen LogP contribution is -2.53. The van der Waals surface area contributed by atoms with Crippen LogP contribution in [-0.2, 0) is 14.8 Å². The van der Waals surface area contributed by atoms with Crippen LogP contribution in [0, 0.1) is 0 Å². The number of carbonyl (C=O) groups excluding carboxylic acids is 1. The van der Waals surface area contributed by atoms with Crippen molar-refractivity contribution in [3.63, 3.8) is 0 Å². The van der Waals surface area contributed by atoms with Gasteiger partial charge in [0.2, 0.25) is 10.0 Å². The highest BCUT2D eigenvalue weighted by molar-refractivity contribution is 7.88. The minimum atomic E-state index is -3.20. The van der Waals surface area contributed by atoms with E-state index >= 15 is 0 Å². The zero-order valence-corrected chi connectivity index (χ0v) is 14.1. The van der Waals surface area contributed by atoms with E-state index in [1.165, 1.54) is 10.6 Å². The number of hydrogen-bond acceptors (Lipinski definition) is 4. The van der Waals surface area contributed by atoms with Gasteiger partial charge in [0.25, 0.3) is 5.91 Å². The van der Waals surface area contributed by atoms with E-state index in [-0.39, 0.29) is 5.91 Å². The number of ether oxygens (including phenoxy) is 1. The number of rotatable bonds is 4. The second-order valence-corrected chi connectivity index (χ2v) is 7.57. The molecule has 1 heterocycles. The molecule has 1 fully saturated rings. The molecule has 1 aliphatic rings. The normalized spacial score (nSPS) is 18.0. The largest absolute Gasteiger partial charge is 0.479 e. The summed E-state index contributed by atoms with van der Waals surface area (Å²) in [5.74, 6) is 0.285. The smallest absolute Gasteiger partial charge is 0.263 e. The highest BCUT2D eigenvalue weighted by Gasteiger charge is 2.29. The van der Waals surface area contributed by atoms with Gasteiger partial charge >= 0.3 is 0 Å². The number of amides is 1. The molecule has 0 radical (unpaired) electrons. The predicted molar refractivity (Wildman–Crippen MR) is 84.5 cm³/mol. The lowest BCUT2D eigenvalue weighted by molar-refractivity contribution is -0.139. The van der Waals surface area contributed by atoms with Crippen molar-refractivity contribution < 1.29 is 17.9 Å². The Labute approximate surface area is 135 Å². The molecule has 0 spiro atoms. The van der Waals surface area contributed by atoms with E-state index in [2.05, 4.69) is 0 Å². The lowest BCUT2D eigenvalue weighted by Gasteiger charge is -2.34. The lowest BCUT2D eigenvalue weighted by atomic mass is 10.2. The predicted octanol–water partition coefficient (Wildman–Crippen LogP) is 1.21. The monoisotopic (exact) mass is 346 g/mol. The van der Waals surface area contributed by atoms with Crippen LogP contribution in [-0.4, -0.2) is 62.1 Å². The molecule has 1 aromatic carbocycles. The van der Waals surface area contributed by atoms with Crippen LogP contribution in [0.1, 0.15) is 6.92 Å². The average Bonchev–Trinajstić information content (AvgIpc) is 2.48. The fourth-order valence-corrected chi connectivity index (χ4v) is 3.29. The van der Waals surface area contributed by atoms with E-state index < -0.39 is 16.1 Å². The molecule has 22 heavy (non-hydrogen) atoms. The average molecular weight is 347 g/mol. The summed E-state index contributed by atoms with van der Waals surface area (Å²) in [6.45, 7) is 3.01. The van der Waals surface area contributed by atoms with Gasteiger partial charge in [-0.25, -0.2) is 8.42 Å². The number of sulfonamides is 1. The van der Waals surface area contributed by atoms with Crippen LogP contribution in [0.5, 0.6) is 5.75 Å². The first-order valence-electron chi connectivity index (χ1n) is 6.94. The Hall–Kier alpha value is -1.31. The highest BCUT2D eigenvalue weighted by atomic mass is 35.5. The number of halogens is 1. The number of carbonyl (C=O) groups is 1. The first kappa shape index (κ1) is 17.1. The first-order valence-corrected chi connectivity index (χ1v) is 9.17. The van der Waals surface area contributed by atoms with Crippen molar-refractivity contribution >= 4 is 27.5 Å². The van der Waals surface area contributed by atoms with Crippen molar-refractivity contribution in [1.82, 2.24) is 9.21 Å². The van der Waals surface area contributed by atoms with Crippen molar-refractivity contribution in [3.8, 4) is 5.75 Å². The fraction of sp³-hybridized carbons (Fsp3) is 0.500. The molecule has 0 bridgehead atoms. The van der Waals surface area contributed by atoms with Crippen LogP contribution < -0.4 is 4.74 Å². The summed E-state index contributed by atoms with van der Waals surface area (Å²) in [4.78, 5) is 14.0. The number of benzene rings is 1. The molecule has 1 saturated heterocycles. The highest BCUT2D eigenvalue weighted by Crippen LogP contribution is 2.24. The van der Waals surface area contributed by atoms with Crippen LogP contribution in [0.4, 0.5) is 0 Å². The Morgan fingerprint density at radius 2 is 1.82 bits per heavy atom. The van der Waals surface area contributed by atoms with Crippen molar-refractivity contribution in [1.29, 1.82) is 0 Å². The molecule has 0 aromatic heterocycles. The summed E-state index contributed by atoms with van der Waals surface area (Å²) < 4.78 is 29.9. The van der Waals surface area contributed by atoms with Crippen molar-refractivity contribution in [3.05, 3.63) is 29.3 Å². The molecular weight excluding hydrogens is 328 g/mol. The van der Waals surface area contributed by atoms with Gasteiger partial charge in [0.15, 0.2) is 6.10 Å². The molecule has 1 atom stereocenters. The zero-order chi connectivity index (χ0) is 16.3. The third-order valence-electron chi connectivity index (χ3n) is 3.51. The summed E-state index contributed by atoms with van der Waals surface area (Å²) in [6, 6.07) is 6.96. The number of piperazine rings is 1. The summed E-state index contributed by atoms with van der Waals surface area (Å²) in [5, 5.41) is 0.448. The van der Waals surface area contributed by atoms with Gasteiger partial charge in [0.05, 0.1) is 11.3 Å². The summed E-state index contributed by atoms with van der Waals surface area (Å²) in [6.07, 6.45) is 0.498. The molecule has 0 unspecified atom stereocenters. The number of nitrogens with zero attached hydrogens (tertiary/aromatic N) is 2. The van der Waals surface area contributed by atoms with Crippen LogP contribution in [0.15, 0.2) is 24.3 Å². The maximum Gasteiger partial charge on any atom is 0.263 e. The minimum absolute atomic E-state index is 0.173. The third kappa shape index (κ3) is 4.12. The minimum Gasteiger partial charge on any atom is -0.479 e. The van der Waals surface area contributed by atoms with E-state index in [4.69, 9.17) is 16.3 Å². The maximum atomic E-state index is 12.4. The Balaban J connectivity index is 1.94. The molecule has 1 aromatic rings. The molecule has 2 rings (SSSR count). The van der Waals surface area contributed by atoms with Gasteiger partial charge in [-0.15, -0.1) is 0 Å². The number of hydrogen-bond donors (Lipinski definition) is 0. The summed E-state index contributed by atoms with van der Waals surface area (Å²) >= 11 is 6.00. The summed E-state index contributed by atoms with van der Waals surface area (Å²) in [5.41, 5.74) is 0. The van der Waals surface area contributed by atoms with E-state index in [9.17, 15) is 13.2 Å². The van der Waals surface area contributed by atoms with Crippen LogP contribution in [0.25, 0.3) is 0 Å². The van der Waals surface area contributed by atoms with Gasteiger partial charge in [-0.2, -0.15) is 4.31 Å². The molecular formula is C14H19ClN2O4S. The maximum absolute atomic E-state index is 12.4. The Morgan fingerprint density at radius 3 is 2.36 bits per heavy atom. The molecule has 0 N–H and O–H groups in total. The second kappa shape index (κ2) is 6.85. The molecule has 6 nitrogen and oxygen atoms in total. The van der Waals surface area contributed by atoms with E-state index in [0.29, 0.717) is 37.0 Å². The van der Waals surface area contributed by atoms with Crippen molar-refractivity contribution in [2.75, 3.05) is 32.4 Å². The van der Waals surface area contributed by atoms with Crippen molar-refractivity contribution in [2.24, 2.45) is 0 Å². The van der Waals surface area contributed by atoms with Gasteiger partial charge in [-0.3, -0.25) is 4.79 Å². The van der Waals surface area contributed by atoms with E-state index in [1.54, 1.807) is 36.1 Å². The molecule has 0 saturated carbocycles. The first-order chi connectivity index (χ1) is 10.3. The van der Waals surface area contributed by atoms with E-state index in [0.717, 1.165) is 0 Å². The second-order valence-electron chi connectivity index (χ2n) is 5.18. The van der Waals surface area contributed by atoms with Gasteiger partial charge in [-0.05, 0) is 19.1 Å². The third-order valence-corrected chi connectivity index (χ3v) is 5.12. The standard InChI is InChI=1S/C14H19ClN2O4S/c1-11(21-13-6-4-3-5-12(13)15)14(18)16-7-9-17(10-8-16)22(2,19)20/h3-6,11H,7-10H2,1-2H3/t11-/m1/s1. The zero-order valence-electron chi connectivity index (χ0n) is 12.5. The Kier molecular flexibility index (Phi) is 5.31. The number of para-hydroxylation sites is 1.